The van der Waals surface area contributed by atoms with Crippen LogP contribution in [0, 0.1) is 5.41 Å². The van der Waals surface area contributed by atoms with E-state index < -0.39 is 0 Å². The minimum Gasteiger partial charge on any atom is -0.392 e. The number of aryl methyl sites for hydroxylation is 1. The Balaban J connectivity index is 2.60. The molecule has 0 aromatic carbocycles. The lowest BCUT2D eigenvalue weighted by molar-refractivity contribution is 0.0643. The van der Waals surface area contributed by atoms with Gasteiger partial charge in [0.15, 0.2) is 0 Å². The highest BCUT2D eigenvalue weighted by atomic mass is 32.1. The number of aliphatic hydroxyl groups is 1. The quantitative estimate of drug-likeness (QED) is 0.815. The lowest BCUT2D eigenvalue weighted by Gasteiger charge is -2.25. The fourth-order valence-corrected chi connectivity index (χ4v) is 2.21. The first-order valence-corrected chi connectivity index (χ1v) is 6.00. The summed E-state index contributed by atoms with van der Waals surface area (Å²) in [6, 6.07) is 4.30. The molecule has 1 nitrogen and oxygen atoms in total. The Hall–Kier alpha value is -0.340. The molecule has 0 saturated heterocycles. The zero-order valence-electron chi connectivity index (χ0n) is 9.50. The topological polar surface area (TPSA) is 20.2 Å². The molecule has 1 heterocycles. The second-order valence-corrected chi connectivity index (χ2v) is 6.06. The second kappa shape index (κ2) is 4.45. The van der Waals surface area contributed by atoms with Crippen LogP contribution in [-0.4, -0.2) is 11.2 Å². The van der Waals surface area contributed by atoms with E-state index in [-0.39, 0.29) is 11.5 Å². The molecule has 14 heavy (non-hydrogen) atoms. The van der Waals surface area contributed by atoms with E-state index in [0.29, 0.717) is 0 Å². The summed E-state index contributed by atoms with van der Waals surface area (Å²) in [6.45, 7) is 8.39. The van der Waals surface area contributed by atoms with Crippen molar-refractivity contribution >= 4 is 11.3 Å². The van der Waals surface area contributed by atoms with Gasteiger partial charge in [-0.2, -0.15) is 0 Å². The maximum Gasteiger partial charge on any atom is 0.0636 e. The van der Waals surface area contributed by atoms with Crippen molar-refractivity contribution in [3.63, 3.8) is 0 Å². The summed E-state index contributed by atoms with van der Waals surface area (Å²) < 4.78 is 0. The van der Waals surface area contributed by atoms with Gasteiger partial charge >= 0.3 is 0 Å². The highest BCUT2D eigenvalue weighted by molar-refractivity contribution is 7.11. The van der Waals surface area contributed by atoms with Crippen LogP contribution in [0.3, 0.4) is 0 Å². The molecule has 0 aliphatic heterocycles. The Labute approximate surface area is 90.8 Å². The zero-order valence-corrected chi connectivity index (χ0v) is 10.3. The fraction of sp³-hybridized carbons (Fsp3) is 0.667. The first-order valence-electron chi connectivity index (χ1n) is 5.19. The molecule has 0 aliphatic carbocycles. The van der Waals surface area contributed by atoms with Gasteiger partial charge in [0.2, 0.25) is 0 Å². The summed E-state index contributed by atoms with van der Waals surface area (Å²) in [4.78, 5) is 2.70. The molecule has 0 amide bonds. The summed E-state index contributed by atoms with van der Waals surface area (Å²) >= 11 is 1.82. The first kappa shape index (κ1) is 11.7. The van der Waals surface area contributed by atoms with Crippen LogP contribution in [0.15, 0.2) is 12.1 Å². The van der Waals surface area contributed by atoms with E-state index in [4.69, 9.17) is 0 Å². The van der Waals surface area contributed by atoms with Crippen LogP contribution in [0.5, 0.6) is 0 Å². The van der Waals surface area contributed by atoms with Gasteiger partial charge in [-0.05, 0) is 24.0 Å². The van der Waals surface area contributed by atoms with E-state index in [1.165, 1.54) is 9.75 Å². The molecule has 1 atom stereocenters. The molecule has 0 radical (unpaired) electrons. The Morgan fingerprint density at radius 2 is 1.86 bits per heavy atom. The summed E-state index contributed by atoms with van der Waals surface area (Å²) in [6.07, 6.45) is 1.63. The van der Waals surface area contributed by atoms with Crippen molar-refractivity contribution in [1.29, 1.82) is 0 Å². The van der Waals surface area contributed by atoms with Crippen LogP contribution < -0.4 is 0 Å². The predicted molar refractivity (Wildman–Crippen MR) is 62.9 cm³/mol. The molecule has 1 unspecified atom stereocenters. The van der Waals surface area contributed by atoms with E-state index in [9.17, 15) is 5.11 Å². The van der Waals surface area contributed by atoms with E-state index in [2.05, 4.69) is 39.8 Å². The van der Waals surface area contributed by atoms with Gasteiger partial charge in [-0.25, -0.2) is 0 Å². The van der Waals surface area contributed by atoms with Crippen LogP contribution in [0.4, 0.5) is 0 Å². The van der Waals surface area contributed by atoms with Crippen LogP contribution in [0.25, 0.3) is 0 Å². The van der Waals surface area contributed by atoms with Crippen molar-refractivity contribution in [2.45, 2.75) is 46.6 Å². The maximum atomic E-state index is 9.93. The number of hydrogen-bond acceptors (Lipinski definition) is 2. The smallest absolute Gasteiger partial charge is 0.0636 e. The van der Waals surface area contributed by atoms with E-state index in [1.807, 2.05) is 11.3 Å². The Morgan fingerprint density at radius 3 is 2.29 bits per heavy atom. The molecule has 1 aromatic heterocycles. The molecule has 1 aromatic rings. The summed E-state index contributed by atoms with van der Waals surface area (Å²) in [7, 11) is 0. The largest absolute Gasteiger partial charge is 0.392 e. The highest BCUT2D eigenvalue weighted by Crippen LogP contribution is 2.25. The molecule has 0 fully saturated rings. The molecule has 2 heteroatoms. The van der Waals surface area contributed by atoms with Gasteiger partial charge < -0.3 is 5.11 Å². The lowest BCUT2D eigenvalue weighted by Crippen LogP contribution is -2.27. The number of hydrogen-bond donors (Lipinski definition) is 1. The van der Waals surface area contributed by atoms with Crippen LogP contribution in [-0.2, 0) is 12.8 Å². The molecular formula is C12H20OS. The van der Waals surface area contributed by atoms with E-state index >= 15 is 0 Å². The van der Waals surface area contributed by atoms with Crippen LogP contribution in [0.2, 0.25) is 0 Å². The van der Waals surface area contributed by atoms with Crippen LogP contribution in [0.1, 0.15) is 37.4 Å². The third-order valence-electron chi connectivity index (χ3n) is 2.46. The van der Waals surface area contributed by atoms with Gasteiger partial charge in [-0.3, -0.25) is 0 Å². The molecule has 0 spiro atoms. The van der Waals surface area contributed by atoms with Gasteiger partial charge in [0.25, 0.3) is 0 Å². The fourth-order valence-electron chi connectivity index (χ4n) is 1.22. The zero-order chi connectivity index (χ0) is 10.8. The van der Waals surface area contributed by atoms with Crippen molar-refractivity contribution in [1.82, 2.24) is 0 Å². The average molecular weight is 212 g/mol. The Kier molecular flexibility index (Phi) is 3.73. The highest BCUT2D eigenvalue weighted by Gasteiger charge is 2.22. The van der Waals surface area contributed by atoms with Crippen LogP contribution >= 0.6 is 11.3 Å². The third-order valence-corrected chi connectivity index (χ3v) is 3.71. The third kappa shape index (κ3) is 3.10. The molecule has 80 valence electrons. The lowest BCUT2D eigenvalue weighted by atomic mass is 9.87. The summed E-state index contributed by atoms with van der Waals surface area (Å²) in [5.74, 6) is 0. The number of thiophene rings is 1. The van der Waals surface area contributed by atoms with E-state index in [1.54, 1.807) is 0 Å². The summed E-state index contributed by atoms with van der Waals surface area (Å²) in [5.41, 5.74) is -0.0175. The predicted octanol–water partition coefficient (Wildman–Crippen LogP) is 3.26. The minimum atomic E-state index is -0.245. The van der Waals surface area contributed by atoms with Gasteiger partial charge in [0.05, 0.1) is 6.10 Å². The van der Waals surface area contributed by atoms with Crippen molar-refractivity contribution in [3.8, 4) is 0 Å². The molecule has 0 bridgehead atoms. The molecular weight excluding hydrogens is 192 g/mol. The number of aliphatic hydroxyl groups excluding tert-OH is 1. The average Bonchev–Trinajstić information content (AvgIpc) is 2.50. The maximum absolute atomic E-state index is 9.93. The monoisotopic (exact) mass is 212 g/mol. The Morgan fingerprint density at radius 1 is 1.29 bits per heavy atom. The molecule has 1 N–H and O–H groups in total. The SMILES string of the molecule is CCc1ccc(CC(O)C(C)(C)C)s1. The standard InChI is InChI=1S/C12H20OS/c1-5-9-6-7-10(14-9)8-11(13)12(2,3)4/h6-7,11,13H,5,8H2,1-4H3. The number of rotatable bonds is 3. The van der Waals surface area contributed by atoms with Crippen molar-refractivity contribution in [2.75, 3.05) is 0 Å². The van der Waals surface area contributed by atoms with Gasteiger partial charge in [-0.1, -0.05) is 27.7 Å². The van der Waals surface area contributed by atoms with Crippen molar-refractivity contribution < 1.29 is 5.11 Å². The molecule has 0 aliphatic rings. The Bertz CT molecular complexity index is 283. The normalized spacial score (nSPS) is 14.4. The summed E-state index contributed by atoms with van der Waals surface area (Å²) in [5, 5.41) is 9.93. The van der Waals surface area contributed by atoms with Crippen molar-refractivity contribution in [2.24, 2.45) is 5.41 Å². The van der Waals surface area contributed by atoms with Gasteiger partial charge in [0, 0.05) is 16.2 Å². The van der Waals surface area contributed by atoms with Gasteiger partial charge in [-0.15, -0.1) is 11.3 Å². The van der Waals surface area contributed by atoms with Gasteiger partial charge in [0.1, 0.15) is 0 Å². The minimum absolute atomic E-state index is 0.0175. The van der Waals surface area contributed by atoms with Crippen molar-refractivity contribution in [3.05, 3.63) is 21.9 Å². The first-order chi connectivity index (χ1) is 6.43. The second-order valence-electron chi connectivity index (χ2n) is 4.81. The van der Waals surface area contributed by atoms with E-state index in [0.717, 1.165) is 12.8 Å². The molecule has 0 saturated carbocycles. The molecule has 1 rings (SSSR count).